The van der Waals surface area contributed by atoms with E-state index in [2.05, 4.69) is 22.6 Å². The summed E-state index contributed by atoms with van der Waals surface area (Å²) in [5.74, 6) is 0.666. The Morgan fingerprint density at radius 2 is 2.27 bits per heavy atom. The van der Waals surface area contributed by atoms with Crippen molar-refractivity contribution in [2.75, 3.05) is 13.1 Å². The van der Waals surface area contributed by atoms with Crippen LogP contribution in [-0.4, -0.2) is 28.8 Å². The van der Waals surface area contributed by atoms with E-state index in [9.17, 15) is 4.79 Å². The highest BCUT2D eigenvalue weighted by atomic mass is 35.5. The molecule has 120 valence electrons. The fourth-order valence-electron chi connectivity index (χ4n) is 3.18. The van der Waals surface area contributed by atoms with Gasteiger partial charge in [0.15, 0.2) is 5.78 Å². The Labute approximate surface area is 141 Å². The van der Waals surface area contributed by atoms with Gasteiger partial charge < -0.3 is 10.3 Å². The van der Waals surface area contributed by atoms with Crippen molar-refractivity contribution < 1.29 is 4.79 Å². The first-order chi connectivity index (χ1) is 10.1. The summed E-state index contributed by atoms with van der Waals surface area (Å²) in [4.78, 5) is 20.1. The minimum Gasteiger partial charge on any atom is -0.356 e. The topological polar surface area (TPSA) is 57.8 Å². The zero-order valence-electron chi connectivity index (χ0n) is 13.2. The quantitative estimate of drug-likeness (QED) is 0.835. The molecule has 0 bridgehead atoms. The molecule has 1 atom stereocenters. The minimum atomic E-state index is 0. The van der Waals surface area contributed by atoms with E-state index in [1.807, 2.05) is 6.92 Å². The normalized spacial score (nSPS) is 17.5. The van der Waals surface area contributed by atoms with Gasteiger partial charge in [-0.1, -0.05) is 6.92 Å². The molecule has 3 rings (SSSR count). The lowest BCUT2D eigenvalue weighted by Crippen LogP contribution is -2.07. The summed E-state index contributed by atoms with van der Waals surface area (Å²) in [6.07, 6.45) is 2.00. The van der Waals surface area contributed by atoms with Crippen LogP contribution < -0.4 is 5.32 Å². The average Bonchev–Trinajstić information content (AvgIpc) is 3.16. The molecule has 22 heavy (non-hydrogen) atoms. The number of Topliss-reactive ketones (excluding diaryl/α,β-unsaturated/α-hetero) is 1. The van der Waals surface area contributed by atoms with Gasteiger partial charge >= 0.3 is 0 Å². The molecule has 3 heterocycles. The number of aromatic nitrogens is 2. The number of halogens is 1. The molecule has 0 aliphatic carbocycles. The summed E-state index contributed by atoms with van der Waals surface area (Å²) in [5.41, 5.74) is 4.89. The number of ketones is 1. The molecule has 0 amide bonds. The predicted molar refractivity (Wildman–Crippen MR) is 93.5 cm³/mol. The SMILES string of the molecule is CCc1c(-c2csc(C3CCNC3)n2)[nH]c(C)c1C(C)=O.Cl. The first-order valence-electron chi connectivity index (χ1n) is 7.50. The van der Waals surface area contributed by atoms with Gasteiger partial charge in [-0.3, -0.25) is 4.79 Å². The van der Waals surface area contributed by atoms with Crippen LogP contribution in [0.3, 0.4) is 0 Å². The zero-order valence-corrected chi connectivity index (χ0v) is 14.8. The lowest BCUT2D eigenvalue weighted by atomic mass is 10.0. The van der Waals surface area contributed by atoms with Gasteiger partial charge in [-0.05, 0) is 38.8 Å². The van der Waals surface area contributed by atoms with E-state index in [-0.39, 0.29) is 18.2 Å². The number of carbonyl (C=O) groups excluding carboxylic acids is 1. The lowest BCUT2D eigenvalue weighted by molar-refractivity contribution is 0.101. The molecule has 0 spiro atoms. The van der Waals surface area contributed by atoms with E-state index in [0.717, 1.165) is 54.1 Å². The van der Waals surface area contributed by atoms with E-state index < -0.39 is 0 Å². The Hall–Kier alpha value is -1.17. The van der Waals surface area contributed by atoms with E-state index in [4.69, 9.17) is 4.98 Å². The molecule has 2 N–H and O–H groups in total. The number of carbonyl (C=O) groups is 1. The van der Waals surface area contributed by atoms with E-state index in [0.29, 0.717) is 5.92 Å². The molecule has 0 radical (unpaired) electrons. The largest absolute Gasteiger partial charge is 0.356 e. The third-order valence-electron chi connectivity index (χ3n) is 4.18. The number of H-pyrrole nitrogens is 1. The third kappa shape index (κ3) is 2.98. The van der Waals surface area contributed by atoms with Crippen LogP contribution in [0.1, 0.15) is 52.8 Å². The number of nitrogens with zero attached hydrogens (tertiary/aromatic N) is 1. The maximum absolute atomic E-state index is 11.9. The van der Waals surface area contributed by atoms with Crippen LogP contribution in [-0.2, 0) is 6.42 Å². The fraction of sp³-hybridized carbons (Fsp3) is 0.500. The van der Waals surface area contributed by atoms with Crippen LogP contribution in [0.5, 0.6) is 0 Å². The highest BCUT2D eigenvalue weighted by Crippen LogP contribution is 2.33. The average molecular weight is 340 g/mol. The third-order valence-corrected chi connectivity index (χ3v) is 5.19. The van der Waals surface area contributed by atoms with Crippen LogP contribution in [0.15, 0.2) is 5.38 Å². The van der Waals surface area contributed by atoms with Gasteiger partial charge in [-0.15, -0.1) is 23.7 Å². The molecule has 6 heteroatoms. The van der Waals surface area contributed by atoms with Crippen molar-refractivity contribution in [2.45, 2.75) is 39.5 Å². The number of hydrogen-bond donors (Lipinski definition) is 2. The Balaban J connectivity index is 0.00000176. The van der Waals surface area contributed by atoms with E-state index in [1.165, 1.54) is 5.01 Å². The van der Waals surface area contributed by atoms with Gasteiger partial charge in [-0.25, -0.2) is 4.98 Å². The number of aryl methyl sites for hydroxylation is 1. The number of aromatic amines is 1. The van der Waals surface area contributed by atoms with E-state index in [1.54, 1.807) is 18.3 Å². The molecule has 1 aliphatic rings. The predicted octanol–water partition coefficient (Wildman–Crippen LogP) is 3.71. The van der Waals surface area contributed by atoms with Crippen LogP contribution in [0.4, 0.5) is 0 Å². The van der Waals surface area contributed by atoms with E-state index >= 15 is 0 Å². The molecule has 2 aromatic heterocycles. The van der Waals surface area contributed by atoms with Gasteiger partial charge in [0.1, 0.15) is 0 Å². The van der Waals surface area contributed by atoms with Crippen LogP contribution in [0.2, 0.25) is 0 Å². The monoisotopic (exact) mass is 339 g/mol. The van der Waals surface area contributed by atoms with Crippen LogP contribution in [0, 0.1) is 6.92 Å². The van der Waals surface area contributed by atoms with Gasteiger partial charge in [0.25, 0.3) is 0 Å². The van der Waals surface area contributed by atoms with Gasteiger partial charge in [0.2, 0.25) is 0 Å². The Bertz CT molecular complexity index is 671. The van der Waals surface area contributed by atoms with Crippen molar-refractivity contribution in [1.29, 1.82) is 0 Å². The van der Waals surface area contributed by atoms with Gasteiger partial charge in [-0.2, -0.15) is 0 Å². The number of nitrogens with one attached hydrogen (secondary N) is 2. The molecular weight excluding hydrogens is 318 g/mol. The second-order valence-electron chi connectivity index (χ2n) is 5.65. The maximum atomic E-state index is 11.9. The smallest absolute Gasteiger partial charge is 0.161 e. The van der Waals surface area contributed by atoms with Crippen molar-refractivity contribution in [3.63, 3.8) is 0 Å². The van der Waals surface area contributed by atoms with Crippen molar-refractivity contribution in [3.05, 3.63) is 27.2 Å². The highest BCUT2D eigenvalue weighted by Gasteiger charge is 2.23. The van der Waals surface area contributed by atoms with Crippen molar-refractivity contribution in [2.24, 2.45) is 0 Å². The lowest BCUT2D eigenvalue weighted by Gasteiger charge is -2.03. The molecule has 2 aromatic rings. The number of hydrogen-bond acceptors (Lipinski definition) is 4. The molecule has 0 saturated carbocycles. The molecule has 1 aliphatic heterocycles. The molecule has 1 saturated heterocycles. The first-order valence-corrected chi connectivity index (χ1v) is 8.38. The second-order valence-corrected chi connectivity index (χ2v) is 6.54. The zero-order chi connectivity index (χ0) is 15.0. The van der Waals surface area contributed by atoms with Gasteiger partial charge in [0, 0.05) is 29.1 Å². The minimum absolute atomic E-state index is 0. The molecule has 0 aromatic carbocycles. The summed E-state index contributed by atoms with van der Waals surface area (Å²) in [5, 5.41) is 6.70. The summed E-state index contributed by atoms with van der Waals surface area (Å²) < 4.78 is 0. The van der Waals surface area contributed by atoms with Crippen molar-refractivity contribution in [3.8, 4) is 11.4 Å². The highest BCUT2D eigenvalue weighted by molar-refractivity contribution is 7.10. The van der Waals surface area contributed by atoms with Crippen molar-refractivity contribution >= 4 is 29.5 Å². The molecular formula is C16H22ClN3OS. The van der Waals surface area contributed by atoms with Crippen LogP contribution >= 0.6 is 23.7 Å². The first kappa shape index (κ1) is 17.2. The Morgan fingerprint density at radius 3 is 2.86 bits per heavy atom. The number of thiazole rings is 1. The summed E-state index contributed by atoms with van der Waals surface area (Å²) in [6, 6.07) is 0. The van der Waals surface area contributed by atoms with Crippen molar-refractivity contribution in [1.82, 2.24) is 15.3 Å². The fourth-order valence-corrected chi connectivity index (χ4v) is 4.13. The molecule has 1 unspecified atom stereocenters. The van der Waals surface area contributed by atoms with Gasteiger partial charge in [0.05, 0.1) is 16.4 Å². The number of rotatable bonds is 4. The molecule has 1 fully saturated rings. The Kier molecular flexibility index (Phi) is 5.42. The molecule has 4 nitrogen and oxygen atoms in total. The Morgan fingerprint density at radius 1 is 1.50 bits per heavy atom. The summed E-state index contributed by atoms with van der Waals surface area (Å²) in [6.45, 7) is 7.79. The van der Waals surface area contributed by atoms with Crippen LogP contribution in [0.25, 0.3) is 11.4 Å². The second kappa shape index (κ2) is 6.94. The summed E-state index contributed by atoms with van der Waals surface area (Å²) >= 11 is 1.73. The summed E-state index contributed by atoms with van der Waals surface area (Å²) in [7, 11) is 0. The standard InChI is InChI=1S/C16H21N3OS.ClH/c1-4-12-14(10(3)20)9(2)18-15(12)13-8-21-16(19-13)11-5-6-17-7-11;/h8,11,17-18H,4-7H2,1-3H3;1H. The maximum Gasteiger partial charge on any atom is 0.161 e.